The van der Waals surface area contributed by atoms with E-state index in [1.54, 1.807) is 74.5 Å². The first-order chi connectivity index (χ1) is 14.9. The third-order valence-electron chi connectivity index (χ3n) is 5.74. The van der Waals surface area contributed by atoms with E-state index in [-0.39, 0.29) is 37.6 Å². The third kappa shape index (κ3) is 4.43. The van der Waals surface area contributed by atoms with E-state index in [4.69, 9.17) is 9.47 Å². The Hall–Kier alpha value is -3.28. The summed E-state index contributed by atoms with van der Waals surface area (Å²) >= 11 is 0. The lowest BCUT2D eigenvalue weighted by atomic mass is 9.83. The summed E-state index contributed by atoms with van der Waals surface area (Å²) in [6.45, 7) is 3.44. The highest BCUT2D eigenvalue weighted by molar-refractivity contribution is 6.09. The van der Waals surface area contributed by atoms with E-state index in [9.17, 15) is 19.2 Å². The maximum Gasteiger partial charge on any atom is 0.323 e. The summed E-state index contributed by atoms with van der Waals surface area (Å²) in [5, 5.41) is 0. The van der Waals surface area contributed by atoms with Gasteiger partial charge in [0.05, 0.1) is 13.2 Å². The van der Waals surface area contributed by atoms with Crippen molar-refractivity contribution in [1.29, 1.82) is 0 Å². The van der Waals surface area contributed by atoms with Gasteiger partial charge in [0, 0.05) is 23.0 Å². The van der Waals surface area contributed by atoms with Crippen LogP contribution in [-0.2, 0) is 19.1 Å². The molecule has 2 aromatic carbocycles. The summed E-state index contributed by atoms with van der Waals surface area (Å²) < 4.78 is 10.4. The van der Waals surface area contributed by atoms with Crippen LogP contribution in [-0.4, -0.2) is 36.7 Å². The minimum Gasteiger partial charge on any atom is -0.465 e. The summed E-state index contributed by atoms with van der Waals surface area (Å²) in [6, 6.07) is 17.2. The Balaban J connectivity index is 2.06. The summed E-state index contributed by atoms with van der Waals surface area (Å²) in [6.07, 6.45) is -0.247. The van der Waals surface area contributed by atoms with Crippen molar-refractivity contribution in [3.63, 3.8) is 0 Å². The number of Topliss-reactive ketones (excluding diaryl/α,β-unsaturated/α-hetero) is 2. The first-order valence-electron chi connectivity index (χ1n) is 10.5. The summed E-state index contributed by atoms with van der Waals surface area (Å²) in [4.78, 5) is 52.7. The van der Waals surface area contributed by atoms with Crippen molar-refractivity contribution in [2.24, 2.45) is 17.3 Å². The molecule has 0 saturated heterocycles. The van der Waals surface area contributed by atoms with Gasteiger partial charge in [-0.2, -0.15) is 0 Å². The first-order valence-corrected chi connectivity index (χ1v) is 10.5. The zero-order valence-electron chi connectivity index (χ0n) is 17.7. The molecular formula is C25H26O6. The molecule has 2 aromatic rings. The Morgan fingerprint density at radius 1 is 0.710 bits per heavy atom. The molecular weight excluding hydrogens is 396 g/mol. The van der Waals surface area contributed by atoms with Crippen molar-refractivity contribution in [2.75, 3.05) is 13.2 Å². The minimum atomic E-state index is -1.68. The van der Waals surface area contributed by atoms with Crippen molar-refractivity contribution in [2.45, 2.75) is 26.7 Å². The highest BCUT2D eigenvalue weighted by atomic mass is 16.6. The van der Waals surface area contributed by atoms with Crippen molar-refractivity contribution in [1.82, 2.24) is 0 Å². The van der Waals surface area contributed by atoms with E-state index in [0.29, 0.717) is 11.1 Å². The average Bonchev–Trinajstić information content (AvgIpc) is 3.22. The lowest BCUT2D eigenvalue weighted by molar-refractivity contribution is -0.171. The van der Waals surface area contributed by atoms with E-state index in [2.05, 4.69) is 0 Å². The fourth-order valence-corrected chi connectivity index (χ4v) is 4.26. The maximum absolute atomic E-state index is 13.4. The van der Waals surface area contributed by atoms with E-state index in [1.165, 1.54) is 0 Å². The number of hydrogen-bond donors (Lipinski definition) is 0. The molecule has 0 N–H and O–H groups in total. The summed E-state index contributed by atoms with van der Waals surface area (Å²) in [5.74, 6) is -3.73. The number of carbonyl (C=O) groups excluding carboxylic acids is 4. The van der Waals surface area contributed by atoms with Crippen molar-refractivity contribution < 1.29 is 28.7 Å². The van der Waals surface area contributed by atoms with Crippen LogP contribution in [0.25, 0.3) is 0 Å². The molecule has 0 radical (unpaired) electrons. The molecule has 0 heterocycles. The molecule has 0 aromatic heterocycles. The number of rotatable bonds is 8. The average molecular weight is 422 g/mol. The molecule has 2 atom stereocenters. The summed E-state index contributed by atoms with van der Waals surface area (Å²) in [5.41, 5.74) is -0.820. The lowest BCUT2D eigenvalue weighted by Crippen LogP contribution is -2.40. The number of benzene rings is 2. The van der Waals surface area contributed by atoms with Gasteiger partial charge in [0.1, 0.15) is 0 Å². The highest BCUT2D eigenvalue weighted by Gasteiger charge is 2.60. The van der Waals surface area contributed by atoms with Gasteiger partial charge in [-0.1, -0.05) is 60.7 Å². The van der Waals surface area contributed by atoms with Crippen LogP contribution in [0.2, 0.25) is 0 Å². The first kappa shape index (κ1) is 22.4. The Morgan fingerprint density at radius 3 is 1.39 bits per heavy atom. The molecule has 1 fully saturated rings. The SMILES string of the molecule is CCOC(=O)C1(C(=O)OCC)C[C@H](C(=O)c2ccccc2)[C@@H](C(=O)c2ccccc2)C1. The molecule has 3 rings (SSSR count). The lowest BCUT2D eigenvalue weighted by Gasteiger charge is -2.24. The normalized spacial score (nSPS) is 19.4. The highest BCUT2D eigenvalue weighted by Crippen LogP contribution is 2.49. The molecule has 6 nitrogen and oxygen atoms in total. The molecule has 0 bridgehead atoms. The van der Waals surface area contributed by atoms with Crippen LogP contribution in [0.4, 0.5) is 0 Å². The van der Waals surface area contributed by atoms with Gasteiger partial charge in [0.15, 0.2) is 17.0 Å². The van der Waals surface area contributed by atoms with Crippen LogP contribution in [0.15, 0.2) is 60.7 Å². The minimum absolute atomic E-state index is 0.0780. The number of hydrogen-bond acceptors (Lipinski definition) is 6. The van der Waals surface area contributed by atoms with Gasteiger partial charge in [0.2, 0.25) is 0 Å². The molecule has 0 unspecified atom stereocenters. The Labute approximate surface area is 181 Å². The van der Waals surface area contributed by atoms with Gasteiger partial charge in [-0.3, -0.25) is 19.2 Å². The third-order valence-corrected chi connectivity index (χ3v) is 5.74. The van der Waals surface area contributed by atoms with Gasteiger partial charge < -0.3 is 9.47 Å². The number of ketones is 2. The number of carbonyl (C=O) groups is 4. The Kier molecular flexibility index (Phi) is 7.00. The summed E-state index contributed by atoms with van der Waals surface area (Å²) in [7, 11) is 0. The van der Waals surface area contributed by atoms with Crippen LogP contribution < -0.4 is 0 Å². The van der Waals surface area contributed by atoms with Crippen LogP contribution in [0.1, 0.15) is 47.4 Å². The van der Waals surface area contributed by atoms with Gasteiger partial charge in [-0.05, 0) is 26.7 Å². The van der Waals surface area contributed by atoms with Gasteiger partial charge in [0.25, 0.3) is 0 Å². The zero-order chi connectivity index (χ0) is 22.4. The van der Waals surface area contributed by atoms with Gasteiger partial charge in [-0.15, -0.1) is 0 Å². The maximum atomic E-state index is 13.4. The Morgan fingerprint density at radius 2 is 1.06 bits per heavy atom. The molecule has 31 heavy (non-hydrogen) atoms. The fraction of sp³-hybridized carbons (Fsp3) is 0.360. The molecule has 0 aliphatic heterocycles. The monoisotopic (exact) mass is 422 g/mol. The predicted molar refractivity (Wildman–Crippen MR) is 113 cm³/mol. The van der Waals surface area contributed by atoms with E-state index in [1.807, 2.05) is 0 Å². The molecule has 1 aliphatic rings. The number of ether oxygens (including phenoxy) is 2. The second-order valence-electron chi connectivity index (χ2n) is 7.60. The van der Waals surface area contributed by atoms with E-state index >= 15 is 0 Å². The van der Waals surface area contributed by atoms with Crippen molar-refractivity contribution in [3.8, 4) is 0 Å². The van der Waals surface area contributed by atoms with Gasteiger partial charge >= 0.3 is 11.9 Å². The second-order valence-corrected chi connectivity index (χ2v) is 7.60. The van der Waals surface area contributed by atoms with Gasteiger partial charge in [-0.25, -0.2) is 0 Å². The molecule has 6 heteroatoms. The largest absolute Gasteiger partial charge is 0.465 e. The van der Waals surface area contributed by atoms with E-state index < -0.39 is 29.2 Å². The molecule has 1 aliphatic carbocycles. The van der Waals surface area contributed by atoms with Crippen molar-refractivity contribution >= 4 is 23.5 Å². The molecule has 162 valence electrons. The van der Waals surface area contributed by atoms with Crippen LogP contribution >= 0.6 is 0 Å². The topological polar surface area (TPSA) is 86.7 Å². The zero-order valence-corrected chi connectivity index (χ0v) is 17.7. The number of esters is 2. The van der Waals surface area contributed by atoms with Crippen LogP contribution in [0, 0.1) is 17.3 Å². The molecule has 0 spiro atoms. The fourth-order valence-electron chi connectivity index (χ4n) is 4.26. The van der Waals surface area contributed by atoms with Crippen LogP contribution in [0.5, 0.6) is 0 Å². The molecule has 0 amide bonds. The standard InChI is InChI=1S/C25H26O6/c1-3-30-23(28)25(24(29)31-4-2)15-19(21(26)17-11-7-5-8-12-17)20(16-25)22(27)18-13-9-6-10-14-18/h5-14,19-20H,3-4,15-16H2,1-2H3/t19-,20-/m0/s1. The second kappa shape index (κ2) is 9.69. The van der Waals surface area contributed by atoms with E-state index in [0.717, 1.165) is 0 Å². The molecule has 1 saturated carbocycles. The van der Waals surface area contributed by atoms with Crippen molar-refractivity contribution in [3.05, 3.63) is 71.8 Å². The smallest absolute Gasteiger partial charge is 0.323 e. The van der Waals surface area contributed by atoms with Crippen LogP contribution in [0.3, 0.4) is 0 Å². The Bertz CT molecular complexity index is 871. The predicted octanol–water partition coefficient (Wildman–Crippen LogP) is 3.89. The quantitative estimate of drug-likeness (QED) is 0.364.